The highest BCUT2D eigenvalue weighted by molar-refractivity contribution is 7.91. The Morgan fingerprint density at radius 3 is 1.11 bits per heavy atom. The van der Waals surface area contributed by atoms with Gasteiger partial charge < -0.3 is 14.4 Å². The van der Waals surface area contributed by atoms with Gasteiger partial charge in [0, 0.05) is 48.5 Å². The Morgan fingerprint density at radius 2 is 0.766 bits per heavy atom. The van der Waals surface area contributed by atoms with Gasteiger partial charge in [0.2, 0.25) is 0 Å². The molecule has 322 valence electrons. The Morgan fingerprint density at radius 1 is 0.438 bits per heavy atom. The van der Waals surface area contributed by atoms with Gasteiger partial charge >= 0.3 is 0 Å². The first-order valence-electron chi connectivity index (χ1n) is 23.1. The predicted octanol–water partition coefficient (Wildman–Crippen LogP) is 13.2. The number of fused-ring (bicyclic) bond motifs is 4. The third-order valence-electron chi connectivity index (χ3n) is 13.7. The smallest absolute Gasteiger partial charge is 0.161 e. The second kappa shape index (κ2) is 19.2. The van der Waals surface area contributed by atoms with Crippen LogP contribution in [-0.2, 0) is 24.0 Å². The van der Waals surface area contributed by atoms with Crippen LogP contribution in [0.5, 0.6) is 0 Å². The van der Waals surface area contributed by atoms with Gasteiger partial charge in [-0.05, 0) is 157 Å². The second-order valence-corrected chi connectivity index (χ2v) is 19.1. The first-order chi connectivity index (χ1) is 31.5. The molecule has 0 N–H and O–H groups in total. The second-order valence-electron chi connectivity index (χ2n) is 17.6. The molecule has 0 spiro atoms. The summed E-state index contributed by atoms with van der Waals surface area (Å²) in [6.07, 6.45) is 15.8. The summed E-state index contributed by atoms with van der Waals surface area (Å²) in [5.41, 5.74) is 17.5. The molecule has 2 aliphatic heterocycles. The standard InChI is InChI=1S/C58H54F2N2OS/c59-49-25-27-55(47(39-49)15-9-33-61-35-29-45(30-36-61)57-51-17-5-1-11-41(51)21-22-42-12-2-6-18-52(42)57)64(63)56-28-26-50(60)40-48(56)16-10-34-62-37-31-46(32-38-62)58-53-19-7-3-13-43(53)23-24-44-14-4-8-20-54(44)58/h1-8,11-14,17-28,39-40H,9-10,15-16,29-38H2. The lowest BCUT2D eigenvalue weighted by Gasteiger charge is -2.30. The first kappa shape index (κ1) is 42.3. The van der Waals surface area contributed by atoms with Crippen LogP contribution in [0.25, 0.3) is 35.5 Å². The average molecular weight is 865 g/mol. The first-order valence-corrected chi connectivity index (χ1v) is 24.2. The molecule has 0 aromatic heterocycles. The van der Waals surface area contributed by atoms with Crippen LogP contribution < -0.4 is 0 Å². The Balaban J connectivity index is 0.774. The van der Waals surface area contributed by atoms with Crippen LogP contribution in [0.4, 0.5) is 8.78 Å². The molecule has 0 unspecified atom stereocenters. The molecule has 64 heavy (non-hydrogen) atoms. The van der Waals surface area contributed by atoms with E-state index in [1.165, 1.54) is 78.9 Å². The molecule has 0 radical (unpaired) electrons. The van der Waals surface area contributed by atoms with E-state index in [4.69, 9.17) is 0 Å². The summed E-state index contributed by atoms with van der Waals surface area (Å²) in [6.45, 7) is 5.63. The normalized spacial score (nSPS) is 16.3. The number of halogens is 2. The molecule has 2 aliphatic carbocycles. The van der Waals surface area contributed by atoms with Crippen LogP contribution in [-0.4, -0.2) is 53.6 Å². The SMILES string of the molecule is [O-][S+](c1ccc(F)cc1CCCN1CCC(=C2c3ccccc3C=Cc3ccccc32)CC1)c1ccc(F)cc1CCCN1CCC(=C2c3ccccc3C=Cc3ccccc32)CC1. The summed E-state index contributed by atoms with van der Waals surface area (Å²) in [5, 5.41) is 0. The number of rotatable bonds is 10. The summed E-state index contributed by atoms with van der Waals surface area (Å²) < 4.78 is 44.1. The molecule has 6 aromatic carbocycles. The third-order valence-corrected chi connectivity index (χ3v) is 15.3. The summed E-state index contributed by atoms with van der Waals surface area (Å²) in [5.74, 6) is -0.653. The van der Waals surface area contributed by atoms with Crippen molar-refractivity contribution < 1.29 is 13.3 Å². The fourth-order valence-electron chi connectivity index (χ4n) is 10.4. The van der Waals surface area contributed by atoms with Gasteiger partial charge in [0.25, 0.3) is 0 Å². The lowest BCUT2D eigenvalue weighted by atomic mass is 9.86. The van der Waals surface area contributed by atoms with E-state index in [1.54, 1.807) is 24.3 Å². The number of hydrogen-bond acceptors (Lipinski definition) is 3. The highest BCUT2D eigenvalue weighted by Crippen LogP contribution is 2.41. The zero-order chi connectivity index (χ0) is 43.4. The summed E-state index contributed by atoms with van der Waals surface area (Å²) in [4.78, 5) is 6.26. The molecule has 0 atom stereocenters. The van der Waals surface area contributed by atoms with Crippen molar-refractivity contribution in [3.63, 3.8) is 0 Å². The van der Waals surface area contributed by atoms with Crippen LogP contribution in [0.2, 0.25) is 0 Å². The topological polar surface area (TPSA) is 29.5 Å². The zero-order valence-electron chi connectivity index (χ0n) is 36.4. The Hall–Kier alpha value is -5.63. The average Bonchev–Trinajstić information content (AvgIpc) is 3.60. The van der Waals surface area contributed by atoms with E-state index in [0.717, 1.165) is 88.9 Å². The maximum atomic E-state index is 14.8. The van der Waals surface area contributed by atoms with Crippen LogP contribution in [0, 0.1) is 11.6 Å². The monoisotopic (exact) mass is 864 g/mol. The largest absolute Gasteiger partial charge is 0.606 e. The molecule has 2 heterocycles. The highest BCUT2D eigenvalue weighted by atomic mass is 32.2. The maximum Gasteiger partial charge on any atom is 0.161 e. The highest BCUT2D eigenvalue weighted by Gasteiger charge is 2.27. The quantitative estimate of drug-likeness (QED) is 0.128. The minimum absolute atomic E-state index is 0.327. The molecule has 0 bridgehead atoms. The van der Waals surface area contributed by atoms with Crippen molar-refractivity contribution in [3.8, 4) is 0 Å². The number of hydrogen-bond donors (Lipinski definition) is 0. The van der Waals surface area contributed by atoms with Gasteiger partial charge in [0.1, 0.15) is 11.6 Å². The maximum absolute atomic E-state index is 14.8. The van der Waals surface area contributed by atoms with E-state index >= 15 is 0 Å². The zero-order valence-corrected chi connectivity index (χ0v) is 37.2. The molecule has 6 aromatic rings. The lowest BCUT2D eigenvalue weighted by Crippen LogP contribution is -2.32. The molecule has 2 fully saturated rings. The van der Waals surface area contributed by atoms with Gasteiger partial charge in [-0.3, -0.25) is 0 Å². The molecule has 2 saturated heterocycles. The van der Waals surface area contributed by atoms with Crippen LogP contribution in [0.1, 0.15) is 94.2 Å². The number of aryl methyl sites for hydroxylation is 2. The molecule has 0 amide bonds. The van der Waals surface area contributed by atoms with Gasteiger partial charge in [0.15, 0.2) is 9.79 Å². The van der Waals surface area contributed by atoms with E-state index in [9.17, 15) is 13.3 Å². The molecule has 4 aliphatic rings. The Kier molecular flexibility index (Phi) is 12.7. The van der Waals surface area contributed by atoms with Crippen LogP contribution >= 0.6 is 0 Å². The number of likely N-dealkylation sites (tertiary alicyclic amines) is 2. The van der Waals surface area contributed by atoms with E-state index in [-0.39, 0.29) is 11.6 Å². The minimum atomic E-state index is -1.58. The van der Waals surface area contributed by atoms with Crippen molar-refractivity contribution in [2.24, 2.45) is 0 Å². The molecular formula is C58H54F2N2OS. The van der Waals surface area contributed by atoms with Gasteiger partial charge in [-0.2, -0.15) is 0 Å². The summed E-state index contributed by atoms with van der Waals surface area (Å²) in [6, 6.07) is 44.1. The van der Waals surface area contributed by atoms with E-state index in [0.29, 0.717) is 22.6 Å². The minimum Gasteiger partial charge on any atom is -0.606 e. The molecule has 0 saturated carbocycles. The Bertz CT molecular complexity index is 2510. The predicted molar refractivity (Wildman–Crippen MR) is 261 cm³/mol. The van der Waals surface area contributed by atoms with Crippen molar-refractivity contribution in [1.82, 2.24) is 9.80 Å². The van der Waals surface area contributed by atoms with E-state index in [2.05, 4.69) is 131 Å². The molecule has 3 nitrogen and oxygen atoms in total. The van der Waals surface area contributed by atoms with Gasteiger partial charge in [-0.1, -0.05) is 133 Å². The van der Waals surface area contributed by atoms with E-state index in [1.807, 2.05) is 0 Å². The van der Waals surface area contributed by atoms with E-state index < -0.39 is 11.2 Å². The van der Waals surface area contributed by atoms with Crippen molar-refractivity contribution >= 4 is 46.6 Å². The Labute approximate surface area is 380 Å². The van der Waals surface area contributed by atoms with Gasteiger partial charge in [0.05, 0.1) is 0 Å². The number of piperidine rings is 2. The summed E-state index contributed by atoms with van der Waals surface area (Å²) in [7, 11) is 0. The summed E-state index contributed by atoms with van der Waals surface area (Å²) >= 11 is -1.58. The van der Waals surface area contributed by atoms with Crippen LogP contribution in [0.3, 0.4) is 0 Å². The third kappa shape index (κ3) is 9.03. The molecular weight excluding hydrogens is 811 g/mol. The number of nitrogens with zero attached hydrogens (tertiary/aromatic N) is 2. The lowest BCUT2D eigenvalue weighted by molar-refractivity contribution is 0.254. The van der Waals surface area contributed by atoms with Crippen molar-refractivity contribution in [3.05, 3.63) is 212 Å². The van der Waals surface area contributed by atoms with Crippen molar-refractivity contribution in [1.29, 1.82) is 0 Å². The molecule has 6 heteroatoms. The fourth-order valence-corrected chi connectivity index (χ4v) is 11.9. The molecule has 10 rings (SSSR count). The van der Waals surface area contributed by atoms with Crippen molar-refractivity contribution in [2.75, 3.05) is 39.3 Å². The van der Waals surface area contributed by atoms with Crippen molar-refractivity contribution in [2.45, 2.75) is 61.2 Å². The van der Waals surface area contributed by atoms with Crippen LogP contribution in [0.15, 0.2) is 154 Å². The van der Waals surface area contributed by atoms with Gasteiger partial charge in [-0.15, -0.1) is 0 Å². The van der Waals surface area contributed by atoms with Gasteiger partial charge in [-0.25, -0.2) is 8.78 Å². The number of benzene rings is 6. The fraction of sp³-hybridized carbons (Fsp3) is 0.241.